The van der Waals surface area contributed by atoms with Gasteiger partial charge in [0.25, 0.3) is 0 Å². The average molecular weight is 202 g/mol. The lowest BCUT2D eigenvalue weighted by Gasteiger charge is -2.05. The van der Waals surface area contributed by atoms with Gasteiger partial charge in [-0.15, -0.1) is 5.10 Å². The van der Waals surface area contributed by atoms with Gasteiger partial charge in [-0.05, 0) is 25.0 Å². The molecule has 0 amide bonds. The second-order valence-corrected chi connectivity index (χ2v) is 3.73. The highest BCUT2D eigenvalue weighted by atomic mass is 15.5. The first-order valence-electron chi connectivity index (χ1n) is 4.87. The molecule has 0 saturated carbocycles. The maximum Gasteiger partial charge on any atom is 0.165 e. The van der Waals surface area contributed by atoms with Gasteiger partial charge in [0.2, 0.25) is 0 Å². The number of benzene rings is 1. The van der Waals surface area contributed by atoms with E-state index in [0.29, 0.717) is 12.4 Å². The van der Waals surface area contributed by atoms with E-state index in [2.05, 4.69) is 42.2 Å². The lowest BCUT2D eigenvalue weighted by atomic mass is 10.1. The third-order valence-corrected chi connectivity index (χ3v) is 2.37. The number of hydrogen-bond donors (Lipinski definition) is 1. The number of aromatic nitrogens is 3. The number of nitrogens with two attached hydrogens (primary N) is 1. The average Bonchev–Trinajstić information content (AvgIpc) is 2.58. The van der Waals surface area contributed by atoms with Gasteiger partial charge in [0, 0.05) is 0 Å². The molecule has 4 nitrogen and oxygen atoms in total. The Morgan fingerprint density at radius 1 is 1.33 bits per heavy atom. The zero-order valence-corrected chi connectivity index (χ0v) is 8.94. The molecule has 0 bridgehead atoms. The molecule has 0 saturated heterocycles. The molecule has 0 aliphatic rings. The standard InChI is InChI=1S/C11H14N4/c1-8-3-4-9(2)10(5-8)7-15-13-6-11(12)14-15/h3-6H,7H2,1-2H3,(H2,12,14). The summed E-state index contributed by atoms with van der Waals surface area (Å²) in [6.45, 7) is 4.83. The number of anilines is 1. The largest absolute Gasteiger partial charge is 0.381 e. The number of nitrogen functional groups attached to an aromatic ring is 1. The molecular weight excluding hydrogens is 188 g/mol. The minimum atomic E-state index is 0.459. The molecule has 1 aromatic carbocycles. The lowest BCUT2D eigenvalue weighted by molar-refractivity contribution is 0.591. The van der Waals surface area contributed by atoms with Crippen LogP contribution in [-0.2, 0) is 6.54 Å². The number of aryl methyl sites for hydroxylation is 2. The summed E-state index contributed by atoms with van der Waals surface area (Å²) >= 11 is 0. The fourth-order valence-corrected chi connectivity index (χ4v) is 1.51. The predicted molar refractivity (Wildman–Crippen MR) is 59.5 cm³/mol. The molecule has 0 aliphatic carbocycles. The first-order valence-corrected chi connectivity index (χ1v) is 4.87. The first-order chi connectivity index (χ1) is 7.15. The Hall–Kier alpha value is -1.84. The molecule has 78 valence electrons. The van der Waals surface area contributed by atoms with E-state index in [1.54, 1.807) is 11.0 Å². The van der Waals surface area contributed by atoms with E-state index in [1.807, 2.05) is 0 Å². The van der Waals surface area contributed by atoms with E-state index in [1.165, 1.54) is 16.7 Å². The number of hydrogen-bond acceptors (Lipinski definition) is 3. The minimum absolute atomic E-state index is 0.459. The second kappa shape index (κ2) is 3.73. The minimum Gasteiger partial charge on any atom is -0.381 e. The van der Waals surface area contributed by atoms with Gasteiger partial charge in [-0.3, -0.25) is 0 Å². The van der Waals surface area contributed by atoms with Crippen LogP contribution in [0.2, 0.25) is 0 Å². The van der Waals surface area contributed by atoms with Crippen molar-refractivity contribution in [3.63, 3.8) is 0 Å². The van der Waals surface area contributed by atoms with Gasteiger partial charge in [-0.1, -0.05) is 23.8 Å². The van der Waals surface area contributed by atoms with E-state index in [4.69, 9.17) is 5.73 Å². The molecule has 2 rings (SSSR count). The van der Waals surface area contributed by atoms with Crippen LogP contribution in [-0.4, -0.2) is 15.0 Å². The Bertz CT molecular complexity index is 473. The van der Waals surface area contributed by atoms with Crippen LogP contribution in [0.1, 0.15) is 16.7 Å². The second-order valence-electron chi connectivity index (χ2n) is 3.73. The Labute approximate surface area is 88.7 Å². The van der Waals surface area contributed by atoms with Gasteiger partial charge in [-0.2, -0.15) is 9.90 Å². The molecule has 15 heavy (non-hydrogen) atoms. The van der Waals surface area contributed by atoms with E-state index >= 15 is 0 Å². The zero-order valence-electron chi connectivity index (χ0n) is 8.94. The summed E-state index contributed by atoms with van der Waals surface area (Å²) in [6, 6.07) is 6.36. The molecule has 2 aromatic rings. The van der Waals surface area contributed by atoms with Crippen LogP contribution in [0, 0.1) is 13.8 Å². The molecule has 0 radical (unpaired) electrons. The van der Waals surface area contributed by atoms with Crippen LogP contribution >= 0.6 is 0 Å². The van der Waals surface area contributed by atoms with Gasteiger partial charge < -0.3 is 5.73 Å². The van der Waals surface area contributed by atoms with Gasteiger partial charge in [0.1, 0.15) is 0 Å². The summed E-state index contributed by atoms with van der Waals surface area (Å²) in [5.41, 5.74) is 9.23. The number of nitrogens with zero attached hydrogens (tertiary/aromatic N) is 3. The quantitative estimate of drug-likeness (QED) is 0.803. The van der Waals surface area contributed by atoms with Crippen molar-refractivity contribution in [1.82, 2.24) is 15.0 Å². The molecule has 0 aliphatic heterocycles. The fraction of sp³-hybridized carbons (Fsp3) is 0.273. The Morgan fingerprint density at radius 2 is 2.13 bits per heavy atom. The first kappa shape index (κ1) is 9.71. The monoisotopic (exact) mass is 202 g/mol. The predicted octanol–water partition coefficient (Wildman–Crippen LogP) is 1.53. The van der Waals surface area contributed by atoms with Crippen LogP contribution in [0.25, 0.3) is 0 Å². The summed E-state index contributed by atoms with van der Waals surface area (Å²) in [5.74, 6) is 0.459. The molecule has 1 aromatic heterocycles. The highest BCUT2D eigenvalue weighted by molar-refractivity contribution is 5.30. The van der Waals surface area contributed by atoms with Crippen LogP contribution in [0.3, 0.4) is 0 Å². The van der Waals surface area contributed by atoms with Crippen molar-refractivity contribution in [3.8, 4) is 0 Å². The van der Waals surface area contributed by atoms with Crippen LogP contribution in [0.4, 0.5) is 5.82 Å². The van der Waals surface area contributed by atoms with Crippen LogP contribution in [0.5, 0.6) is 0 Å². The van der Waals surface area contributed by atoms with Crippen molar-refractivity contribution in [2.24, 2.45) is 0 Å². The van der Waals surface area contributed by atoms with Gasteiger partial charge in [0.05, 0.1) is 12.7 Å². The fourth-order valence-electron chi connectivity index (χ4n) is 1.51. The highest BCUT2D eigenvalue weighted by Gasteiger charge is 2.02. The van der Waals surface area contributed by atoms with Gasteiger partial charge >= 0.3 is 0 Å². The summed E-state index contributed by atoms with van der Waals surface area (Å²) in [5, 5.41) is 8.12. The SMILES string of the molecule is Cc1ccc(C)c(Cn2ncc(N)n2)c1. The van der Waals surface area contributed by atoms with E-state index in [0.717, 1.165) is 0 Å². The third kappa shape index (κ3) is 2.15. The summed E-state index contributed by atoms with van der Waals surface area (Å²) < 4.78 is 0. The highest BCUT2D eigenvalue weighted by Crippen LogP contribution is 2.11. The molecule has 2 N–H and O–H groups in total. The Balaban J connectivity index is 2.27. The molecular formula is C11H14N4. The van der Waals surface area contributed by atoms with Crippen LogP contribution < -0.4 is 5.73 Å². The molecule has 1 heterocycles. The Morgan fingerprint density at radius 3 is 2.80 bits per heavy atom. The normalized spacial score (nSPS) is 10.5. The molecule has 0 fully saturated rings. The van der Waals surface area contributed by atoms with Gasteiger partial charge in [-0.25, -0.2) is 0 Å². The van der Waals surface area contributed by atoms with E-state index in [9.17, 15) is 0 Å². The maximum atomic E-state index is 5.51. The van der Waals surface area contributed by atoms with Crippen molar-refractivity contribution in [3.05, 3.63) is 41.1 Å². The van der Waals surface area contributed by atoms with Crippen molar-refractivity contribution in [1.29, 1.82) is 0 Å². The summed E-state index contributed by atoms with van der Waals surface area (Å²) in [7, 11) is 0. The van der Waals surface area contributed by atoms with Crippen molar-refractivity contribution >= 4 is 5.82 Å². The third-order valence-electron chi connectivity index (χ3n) is 2.37. The lowest BCUT2D eigenvalue weighted by Crippen LogP contribution is -2.05. The smallest absolute Gasteiger partial charge is 0.165 e. The molecule has 0 atom stereocenters. The summed E-state index contributed by atoms with van der Waals surface area (Å²) in [6.07, 6.45) is 1.56. The summed E-state index contributed by atoms with van der Waals surface area (Å²) in [4.78, 5) is 1.61. The molecule has 4 heteroatoms. The maximum absolute atomic E-state index is 5.51. The van der Waals surface area contributed by atoms with Crippen molar-refractivity contribution in [2.45, 2.75) is 20.4 Å². The Kier molecular flexibility index (Phi) is 2.41. The molecule has 0 unspecified atom stereocenters. The molecule has 0 spiro atoms. The van der Waals surface area contributed by atoms with Crippen LogP contribution in [0.15, 0.2) is 24.4 Å². The van der Waals surface area contributed by atoms with E-state index in [-0.39, 0.29) is 0 Å². The van der Waals surface area contributed by atoms with Crippen molar-refractivity contribution in [2.75, 3.05) is 5.73 Å². The van der Waals surface area contributed by atoms with Crippen molar-refractivity contribution < 1.29 is 0 Å². The van der Waals surface area contributed by atoms with E-state index < -0.39 is 0 Å². The van der Waals surface area contributed by atoms with Gasteiger partial charge in [0.15, 0.2) is 5.82 Å². The zero-order chi connectivity index (χ0) is 10.8. The number of rotatable bonds is 2. The topological polar surface area (TPSA) is 56.7 Å².